The van der Waals surface area contributed by atoms with Crippen LogP contribution >= 0.6 is 0 Å². The van der Waals surface area contributed by atoms with Crippen LogP contribution in [0.1, 0.15) is 48.4 Å². The highest BCUT2D eigenvalue weighted by Gasteiger charge is 2.39. The van der Waals surface area contributed by atoms with Gasteiger partial charge in [0.1, 0.15) is 0 Å². The van der Waals surface area contributed by atoms with Gasteiger partial charge in [0.2, 0.25) is 0 Å². The van der Waals surface area contributed by atoms with Gasteiger partial charge >= 0.3 is 11.9 Å². The zero-order chi connectivity index (χ0) is 25.4. The maximum atomic E-state index is 12.4. The molecule has 1 saturated heterocycles. The van der Waals surface area contributed by atoms with Crippen LogP contribution in [0.15, 0.2) is 54.1 Å². The highest BCUT2D eigenvalue weighted by atomic mass is 16.5. The Morgan fingerprint density at radius 3 is 2.37 bits per heavy atom. The first-order chi connectivity index (χ1) is 16.9. The van der Waals surface area contributed by atoms with Crippen molar-refractivity contribution in [1.29, 1.82) is 0 Å². The van der Waals surface area contributed by atoms with Gasteiger partial charge in [0.05, 0.1) is 45.7 Å². The van der Waals surface area contributed by atoms with Crippen LogP contribution in [-0.2, 0) is 25.4 Å². The van der Waals surface area contributed by atoms with Crippen LogP contribution in [0.2, 0.25) is 0 Å². The molecular formula is C28H34O7. The van der Waals surface area contributed by atoms with Crippen molar-refractivity contribution in [2.75, 3.05) is 34.0 Å². The summed E-state index contributed by atoms with van der Waals surface area (Å²) >= 11 is 0. The molecule has 0 aliphatic carbocycles. The largest absolute Gasteiger partial charge is 0.493 e. The summed E-state index contributed by atoms with van der Waals surface area (Å²) in [4.78, 5) is 24.3. The van der Waals surface area contributed by atoms with Crippen LogP contribution < -0.4 is 9.47 Å². The fraction of sp³-hybridized carbons (Fsp3) is 0.429. The quantitative estimate of drug-likeness (QED) is 0.351. The second-order valence-corrected chi connectivity index (χ2v) is 8.48. The average molecular weight is 483 g/mol. The molecule has 0 amide bonds. The van der Waals surface area contributed by atoms with E-state index < -0.39 is 0 Å². The standard InChI is InChI=1S/C28H34O7/c1-6-18(3)27(29)35-17-23-22(14-19-8-10-20(11-9-19)28(30)33-7-2)16-34-26(23)21-12-13-24(31-4)25(15-21)32-5/h6,8-13,15,22-23,26H,7,14,16-17H2,1-5H3/b18-6-/t22-,23-,26?/m0/s1. The lowest BCUT2D eigenvalue weighted by Gasteiger charge is -2.24. The molecule has 35 heavy (non-hydrogen) atoms. The minimum absolute atomic E-state index is 0.0635. The molecule has 2 aromatic carbocycles. The van der Waals surface area contributed by atoms with Crippen molar-refractivity contribution >= 4 is 11.9 Å². The Kier molecular flexibility index (Phi) is 9.32. The summed E-state index contributed by atoms with van der Waals surface area (Å²) in [6.07, 6.45) is 2.19. The molecule has 1 unspecified atom stereocenters. The molecule has 7 heteroatoms. The molecule has 3 rings (SSSR count). The second-order valence-electron chi connectivity index (χ2n) is 8.48. The third kappa shape index (κ3) is 6.42. The number of rotatable bonds is 10. The smallest absolute Gasteiger partial charge is 0.338 e. The maximum absolute atomic E-state index is 12.4. The zero-order valence-corrected chi connectivity index (χ0v) is 21.0. The molecule has 0 aromatic heterocycles. The SMILES string of the molecule is C/C=C(/C)C(=O)OC[C@@H]1C(c2ccc(OC)c(OC)c2)OC[C@@H]1Cc1ccc(C(=O)OCC)cc1. The maximum Gasteiger partial charge on any atom is 0.338 e. The van der Waals surface area contributed by atoms with Crippen molar-refractivity contribution in [3.63, 3.8) is 0 Å². The van der Waals surface area contributed by atoms with Crippen molar-refractivity contribution < 1.29 is 33.3 Å². The molecule has 1 heterocycles. The van der Waals surface area contributed by atoms with Crippen LogP contribution in [0.3, 0.4) is 0 Å². The molecule has 0 spiro atoms. The van der Waals surface area contributed by atoms with Crippen LogP contribution in [0.5, 0.6) is 11.5 Å². The molecule has 1 aliphatic rings. The van der Waals surface area contributed by atoms with Gasteiger partial charge < -0.3 is 23.7 Å². The lowest BCUT2D eigenvalue weighted by molar-refractivity contribution is -0.141. The van der Waals surface area contributed by atoms with E-state index in [0.29, 0.717) is 35.8 Å². The molecule has 7 nitrogen and oxygen atoms in total. The van der Waals surface area contributed by atoms with E-state index in [4.69, 9.17) is 23.7 Å². The lowest BCUT2D eigenvalue weighted by Crippen LogP contribution is -2.24. The van der Waals surface area contributed by atoms with Crippen molar-refractivity contribution in [3.8, 4) is 11.5 Å². The Balaban J connectivity index is 1.82. The number of hydrogen-bond donors (Lipinski definition) is 0. The number of benzene rings is 2. The molecule has 0 radical (unpaired) electrons. The molecule has 2 aromatic rings. The van der Waals surface area contributed by atoms with E-state index in [0.717, 1.165) is 17.5 Å². The highest BCUT2D eigenvalue weighted by Crippen LogP contribution is 2.42. The minimum atomic E-state index is -0.332. The van der Waals surface area contributed by atoms with E-state index >= 15 is 0 Å². The molecule has 1 aliphatic heterocycles. The number of esters is 2. The number of methoxy groups -OCH3 is 2. The fourth-order valence-corrected chi connectivity index (χ4v) is 4.23. The molecule has 0 saturated carbocycles. The van der Waals surface area contributed by atoms with Gasteiger partial charge in [-0.3, -0.25) is 0 Å². The Hall–Kier alpha value is -3.32. The van der Waals surface area contributed by atoms with E-state index in [-0.39, 0.29) is 36.5 Å². The summed E-state index contributed by atoms with van der Waals surface area (Å²) in [5.41, 5.74) is 3.10. The van der Waals surface area contributed by atoms with E-state index in [1.54, 1.807) is 46.3 Å². The first kappa shape index (κ1) is 26.3. The first-order valence-electron chi connectivity index (χ1n) is 11.8. The monoisotopic (exact) mass is 482 g/mol. The summed E-state index contributed by atoms with van der Waals surface area (Å²) in [6, 6.07) is 13.1. The molecule has 0 bridgehead atoms. The van der Waals surface area contributed by atoms with Gasteiger partial charge in [-0.2, -0.15) is 0 Å². The number of carbonyl (C=O) groups is 2. The van der Waals surface area contributed by atoms with E-state index in [1.165, 1.54) is 0 Å². The molecule has 188 valence electrons. The Bertz CT molecular complexity index is 1040. The normalized spacial score (nSPS) is 19.8. The van der Waals surface area contributed by atoms with Crippen molar-refractivity contribution in [2.24, 2.45) is 11.8 Å². The third-order valence-corrected chi connectivity index (χ3v) is 6.35. The summed E-state index contributed by atoms with van der Waals surface area (Å²) in [5.74, 6) is 0.641. The van der Waals surface area contributed by atoms with Crippen LogP contribution in [0.4, 0.5) is 0 Å². The highest BCUT2D eigenvalue weighted by molar-refractivity contribution is 5.89. The fourth-order valence-electron chi connectivity index (χ4n) is 4.23. The minimum Gasteiger partial charge on any atom is -0.493 e. The lowest BCUT2D eigenvalue weighted by atomic mass is 9.84. The predicted molar refractivity (Wildman–Crippen MR) is 132 cm³/mol. The Morgan fingerprint density at radius 2 is 1.74 bits per heavy atom. The van der Waals surface area contributed by atoms with Gasteiger partial charge in [-0.25, -0.2) is 9.59 Å². The van der Waals surface area contributed by atoms with Gasteiger partial charge in [-0.1, -0.05) is 24.3 Å². The topological polar surface area (TPSA) is 80.3 Å². The Morgan fingerprint density at radius 1 is 1.03 bits per heavy atom. The predicted octanol–water partition coefficient (Wildman–Crippen LogP) is 4.94. The zero-order valence-electron chi connectivity index (χ0n) is 21.0. The first-order valence-corrected chi connectivity index (χ1v) is 11.8. The van der Waals surface area contributed by atoms with E-state index in [9.17, 15) is 9.59 Å². The van der Waals surface area contributed by atoms with E-state index in [1.807, 2.05) is 37.3 Å². The van der Waals surface area contributed by atoms with Gasteiger partial charge in [-0.15, -0.1) is 0 Å². The van der Waals surface area contributed by atoms with Gasteiger partial charge in [-0.05, 0) is 68.5 Å². The van der Waals surface area contributed by atoms with Gasteiger partial charge in [0.25, 0.3) is 0 Å². The second kappa shape index (κ2) is 12.4. The molecule has 0 N–H and O–H groups in total. The molecule has 3 atom stereocenters. The number of carbonyl (C=O) groups excluding carboxylic acids is 2. The number of hydrogen-bond acceptors (Lipinski definition) is 7. The van der Waals surface area contributed by atoms with Crippen molar-refractivity contribution in [3.05, 3.63) is 70.8 Å². The van der Waals surface area contributed by atoms with Crippen LogP contribution in [-0.4, -0.2) is 46.0 Å². The van der Waals surface area contributed by atoms with Gasteiger partial charge in [0, 0.05) is 11.5 Å². The Labute approximate surface area is 207 Å². The number of allylic oxidation sites excluding steroid dienone is 1. The summed E-state index contributed by atoms with van der Waals surface area (Å²) < 4.78 is 27.8. The van der Waals surface area contributed by atoms with E-state index in [2.05, 4.69) is 0 Å². The number of ether oxygens (including phenoxy) is 5. The van der Waals surface area contributed by atoms with Gasteiger partial charge in [0.15, 0.2) is 11.5 Å². The van der Waals surface area contributed by atoms with Crippen LogP contribution in [0, 0.1) is 11.8 Å². The molecular weight excluding hydrogens is 448 g/mol. The third-order valence-electron chi connectivity index (χ3n) is 6.35. The summed E-state index contributed by atoms with van der Waals surface area (Å²) in [5, 5.41) is 0. The van der Waals surface area contributed by atoms with Crippen molar-refractivity contribution in [2.45, 2.75) is 33.3 Å². The average Bonchev–Trinajstić information content (AvgIpc) is 3.28. The summed E-state index contributed by atoms with van der Waals surface area (Å²) in [7, 11) is 3.19. The molecule has 1 fully saturated rings. The summed E-state index contributed by atoms with van der Waals surface area (Å²) in [6.45, 7) is 6.42. The van der Waals surface area contributed by atoms with Crippen molar-refractivity contribution in [1.82, 2.24) is 0 Å². The van der Waals surface area contributed by atoms with Crippen LogP contribution in [0.25, 0.3) is 0 Å².